The first-order valence-electron chi connectivity index (χ1n) is 3.59. The monoisotopic (exact) mass is 224 g/mol. The summed E-state index contributed by atoms with van der Waals surface area (Å²) in [5.41, 5.74) is 0. The fraction of sp³-hybridized carbons (Fsp3) is 0.857. The highest BCUT2D eigenvalue weighted by molar-refractivity contribution is 9.10. The van der Waals surface area contributed by atoms with E-state index in [4.69, 9.17) is 4.74 Å². The molecule has 1 unspecified atom stereocenters. The SMILES string of the molecule is CC[C@H]1OC(=O)[C@@](F)(Br)C1C. The van der Waals surface area contributed by atoms with Crippen LogP contribution < -0.4 is 0 Å². The summed E-state index contributed by atoms with van der Waals surface area (Å²) in [6.07, 6.45) is 0.372. The third kappa shape index (κ3) is 1.28. The molecule has 11 heavy (non-hydrogen) atoms. The maximum Gasteiger partial charge on any atom is 0.355 e. The first-order valence-corrected chi connectivity index (χ1v) is 4.38. The fourth-order valence-corrected chi connectivity index (χ4v) is 1.56. The standard InChI is InChI=1S/C7H10BrFO2/c1-3-5-4(2)7(8,9)6(10)11-5/h4-5H,3H2,1-2H3/t4?,5-,7-/m1/s1. The number of halogens is 2. The number of esters is 1. The van der Waals surface area contributed by atoms with Crippen LogP contribution in [0.4, 0.5) is 4.39 Å². The van der Waals surface area contributed by atoms with Crippen LogP contribution in [-0.2, 0) is 9.53 Å². The van der Waals surface area contributed by atoms with Gasteiger partial charge in [-0.2, -0.15) is 0 Å². The highest BCUT2D eigenvalue weighted by Crippen LogP contribution is 2.41. The molecule has 1 aliphatic rings. The Bertz CT molecular complexity index is 181. The van der Waals surface area contributed by atoms with E-state index in [1.807, 2.05) is 6.92 Å². The van der Waals surface area contributed by atoms with Crippen LogP contribution in [-0.4, -0.2) is 16.7 Å². The molecule has 3 atom stereocenters. The normalized spacial score (nSPS) is 44.2. The summed E-state index contributed by atoms with van der Waals surface area (Å²) in [5, 5.41) is 0. The zero-order valence-electron chi connectivity index (χ0n) is 6.43. The molecule has 0 saturated carbocycles. The molecule has 0 aromatic heterocycles. The predicted molar refractivity (Wildman–Crippen MR) is 42.1 cm³/mol. The Labute approximate surface area is 73.2 Å². The molecule has 2 nitrogen and oxygen atoms in total. The molecule has 0 bridgehead atoms. The van der Waals surface area contributed by atoms with Gasteiger partial charge in [0.05, 0.1) is 0 Å². The fourth-order valence-electron chi connectivity index (χ4n) is 1.17. The van der Waals surface area contributed by atoms with E-state index in [9.17, 15) is 9.18 Å². The summed E-state index contributed by atoms with van der Waals surface area (Å²) in [7, 11) is 0. The van der Waals surface area contributed by atoms with Crippen LogP contribution in [0, 0.1) is 5.92 Å². The Balaban J connectivity index is 2.80. The van der Waals surface area contributed by atoms with Crippen LogP contribution >= 0.6 is 15.9 Å². The van der Waals surface area contributed by atoms with E-state index in [-0.39, 0.29) is 6.10 Å². The molecule has 0 N–H and O–H groups in total. The van der Waals surface area contributed by atoms with Gasteiger partial charge in [-0.15, -0.1) is 0 Å². The minimum atomic E-state index is -1.96. The minimum absolute atomic E-state index is 0.285. The van der Waals surface area contributed by atoms with Crippen molar-refractivity contribution in [3.05, 3.63) is 0 Å². The van der Waals surface area contributed by atoms with Crippen molar-refractivity contribution in [3.63, 3.8) is 0 Å². The Morgan fingerprint density at radius 1 is 1.82 bits per heavy atom. The average Bonchev–Trinajstić information content (AvgIpc) is 2.14. The second-order valence-corrected chi connectivity index (χ2v) is 3.92. The number of alkyl halides is 2. The highest BCUT2D eigenvalue weighted by atomic mass is 79.9. The number of hydrogen-bond acceptors (Lipinski definition) is 2. The third-order valence-corrected chi connectivity index (χ3v) is 3.11. The molecule has 0 spiro atoms. The molecule has 4 heteroatoms. The van der Waals surface area contributed by atoms with E-state index in [0.29, 0.717) is 6.42 Å². The third-order valence-electron chi connectivity index (χ3n) is 2.06. The van der Waals surface area contributed by atoms with Crippen molar-refractivity contribution in [1.29, 1.82) is 0 Å². The summed E-state index contributed by atoms with van der Waals surface area (Å²) >= 11 is 2.71. The Morgan fingerprint density at radius 2 is 2.36 bits per heavy atom. The van der Waals surface area contributed by atoms with Crippen molar-refractivity contribution in [2.75, 3.05) is 0 Å². The number of hydrogen-bond donors (Lipinski definition) is 0. The first-order chi connectivity index (χ1) is 5.00. The average molecular weight is 225 g/mol. The molecule has 64 valence electrons. The van der Waals surface area contributed by atoms with Crippen molar-refractivity contribution < 1.29 is 13.9 Å². The molecule has 0 radical (unpaired) electrons. The van der Waals surface area contributed by atoms with E-state index >= 15 is 0 Å². The van der Waals surface area contributed by atoms with Crippen LogP contribution in [0.5, 0.6) is 0 Å². The van der Waals surface area contributed by atoms with Gasteiger partial charge in [-0.05, 0) is 22.4 Å². The lowest BCUT2D eigenvalue weighted by Crippen LogP contribution is -2.28. The zero-order valence-corrected chi connectivity index (χ0v) is 8.02. The van der Waals surface area contributed by atoms with Crippen molar-refractivity contribution in [2.24, 2.45) is 5.92 Å². The van der Waals surface area contributed by atoms with Crippen molar-refractivity contribution in [3.8, 4) is 0 Å². The number of carbonyl (C=O) groups excluding carboxylic acids is 1. The molecule has 0 aromatic carbocycles. The predicted octanol–water partition coefficient (Wildman–Crippen LogP) is 2.02. The number of rotatable bonds is 1. The molecular formula is C7H10BrFO2. The Hall–Kier alpha value is -0.120. The van der Waals surface area contributed by atoms with E-state index in [0.717, 1.165) is 0 Å². The molecule has 0 aromatic rings. The van der Waals surface area contributed by atoms with Gasteiger partial charge in [-0.1, -0.05) is 13.8 Å². The molecule has 0 amide bonds. The van der Waals surface area contributed by atoms with E-state index in [1.165, 1.54) is 0 Å². The lowest BCUT2D eigenvalue weighted by molar-refractivity contribution is -0.146. The van der Waals surface area contributed by atoms with Crippen molar-refractivity contribution >= 4 is 21.9 Å². The van der Waals surface area contributed by atoms with Gasteiger partial charge >= 0.3 is 5.97 Å². The van der Waals surface area contributed by atoms with E-state index in [1.54, 1.807) is 6.92 Å². The molecule has 0 aliphatic carbocycles. The van der Waals surface area contributed by atoms with E-state index in [2.05, 4.69) is 15.9 Å². The lowest BCUT2D eigenvalue weighted by atomic mass is 10.0. The van der Waals surface area contributed by atoms with Gasteiger partial charge in [0.1, 0.15) is 6.10 Å². The topological polar surface area (TPSA) is 26.3 Å². The minimum Gasteiger partial charge on any atom is -0.459 e. The smallest absolute Gasteiger partial charge is 0.355 e. The van der Waals surface area contributed by atoms with Gasteiger partial charge in [-0.3, -0.25) is 0 Å². The van der Waals surface area contributed by atoms with Crippen LogP contribution in [0.1, 0.15) is 20.3 Å². The summed E-state index contributed by atoms with van der Waals surface area (Å²) in [4.78, 5) is 10.8. The van der Waals surface area contributed by atoms with Crippen LogP contribution in [0.25, 0.3) is 0 Å². The summed E-state index contributed by atoms with van der Waals surface area (Å²) in [6.45, 7) is 3.52. The zero-order chi connectivity index (χ0) is 8.65. The lowest BCUT2D eigenvalue weighted by Gasteiger charge is -2.14. The summed E-state index contributed by atoms with van der Waals surface area (Å²) in [6, 6.07) is 0. The first kappa shape index (κ1) is 8.97. The number of carbonyl (C=O) groups is 1. The number of cyclic esters (lactones) is 1. The van der Waals surface area contributed by atoms with Crippen LogP contribution in [0.2, 0.25) is 0 Å². The number of ether oxygens (including phenoxy) is 1. The maximum atomic E-state index is 13.3. The molecule has 1 fully saturated rings. The van der Waals surface area contributed by atoms with Gasteiger partial charge in [0.25, 0.3) is 4.58 Å². The van der Waals surface area contributed by atoms with Crippen LogP contribution in [0.15, 0.2) is 0 Å². The van der Waals surface area contributed by atoms with Gasteiger partial charge in [-0.25, -0.2) is 9.18 Å². The second-order valence-electron chi connectivity index (χ2n) is 2.76. The second kappa shape index (κ2) is 2.73. The molecule has 1 rings (SSSR count). The highest BCUT2D eigenvalue weighted by Gasteiger charge is 2.53. The van der Waals surface area contributed by atoms with Gasteiger partial charge in [0.2, 0.25) is 0 Å². The quantitative estimate of drug-likeness (QED) is 0.504. The van der Waals surface area contributed by atoms with Gasteiger partial charge < -0.3 is 4.74 Å². The molecular weight excluding hydrogens is 215 g/mol. The van der Waals surface area contributed by atoms with Crippen LogP contribution in [0.3, 0.4) is 0 Å². The summed E-state index contributed by atoms with van der Waals surface area (Å²) < 4.78 is 16.1. The van der Waals surface area contributed by atoms with E-state index < -0.39 is 16.5 Å². The Morgan fingerprint density at radius 3 is 2.55 bits per heavy atom. The van der Waals surface area contributed by atoms with Gasteiger partial charge in [0, 0.05) is 5.92 Å². The largest absolute Gasteiger partial charge is 0.459 e. The molecule has 1 heterocycles. The van der Waals surface area contributed by atoms with Gasteiger partial charge in [0.15, 0.2) is 0 Å². The van der Waals surface area contributed by atoms with Crippen molar-refractivity contribution in [2.45, 2.75) is 31.0 Å². The molecule has 1 saturated heterocycles. The Kier molecular flexibility index (Phi) is 2.23. The summed E-state index contributed by atoms with van der Waals surface area (Å²) in [5.74, 6) is -1.20. The molecule has 1 aliphatic heterocycles. The maximum absolute atomic E-state index is 13.3. The van der Waals surface area contributed by atoms with Crippen molar-refractivity contribution in [1.82, 2.24) is 0 Å².